The van der Waals surface area contributed by atoms with Gasteiger partial charge in [0, 0.05) is 36.6 Å². The molecule has 1 heterocycles. The highest BCUT2D eigenvalue weighted by Gasteiger charge is 2.24. The number of hydrogen-bond donors (Lipinski definition) is 1. The summed E-state index contributed by atoms with van der Waals surface area (Å²) in [7, 11) is 0. The molecule has 2 aromatic rings. The van der Waals surface area contributed by atoms with Crippen LogP contribution in [0.15, 0.2) is 54.6 Å². The second-order valence-electron chi connectivity index (χ2n) is 7.80. The molecule has 3 rings (SSSR count). The van der Waals surface area contributed by atoms with Gasteiger partial charge in [-0.15, -0.1) is 0 Å². The van der Waals surface area contributed by atoms with Crippen LogP contribution in [-0.4, -0.2) is 36.5 Å². The van der Waals surface area contributed by atoms with Gasteiger partial charge in [0.1, 0.15) is 0 Å². The molecule has 2 aromatic carbocycles. The highest BCUT2D eigenvalue weighted by atomic mass is 35.5. The van der Waals surface area contributed by atoms with E-state index in [2.05, 4.69) is 47.5 Å². The van der Waals surface area contributed by atoms with E-state index in [1.54, 1.807) is 0 Å². The number of hydrogen-bond acceptors (Lipinski definition) is 2. The first kappa shape index (κ1) is 20.9. The summed E-state index contributed by atoms with van der Waals surface area (Å²) >= 11 is 5.96. The van der Waals surface area contributed by atoms with Gasteiger partial charge in [-0.05, 0) is 55.4 Å². The Hall–Kier alpha value is -1.84. The molecule has 1 aliphatic heterocycles. The van der Waals surface area contributed by atoms with Gasteiger partial charge in [0.15, 0.2) is 0 Å². The summed E-state index contributed by atoms with van der Waals surface area (Å²) in [5, 5.41) is 4.04. The van der Waals surface area contributed by atoms with Gasteiger partial charge in [0.25, 0.3) is 0 Å². The third kappa shape index (κ3) is 6.35. The topological polar surface area (TPSA) is 32.3 Å². The minimum atomic E-state index is 0.0253. The van der Waals surface area contributed by atoms with Crippen molar-refractivity contribution in [3.63, 3.8) is 0 Å². The van der Waals surface area contributed by atoms with Gasteiger partial charge in [0.05, 0.1) is 0 Å². The molecule has 1 atom stereocenters. The number of nitrogens with one attached hydrogen (secondary N) is 1. The first-order valence-electron chi connectivity index (χ1n) is 10.4. The molecule has 0 aromatic heterocycles. The lowest BCUT2D eigenvalue weighted by atomic mass is 9.95. The van der Waals surface area contributed by atoms with E-state index in [4.69, 9.17) is 11.6 Å². The molecule has 0 saturated carbocycles. The lowest BCUT2D eigenvalue weighted by Crippen LogP contribution is -2.46. The maximum atomic E-state index is 12.8. The number of nitrogens with zero attached hydrogens (tertiary/aromatic N) is 1. The Morgan fingerprint density at radius 1 is 1.07 bits per heavy atom. The Labute approximate surface area is 174 Å². The number of halogens is 1. The zero-order chi connectivity index (χ0) is 19.8. The lowest BCUT2D eigenvalue weighted by molar-refractivity contribution is -0.126. The van der Waals surface area contributed by atoms with Gasteiger partial charge >= 0.3 is 0 Å². The van der Waals surface area contributed by atoms with Gasteiger partial charge < -0.3 is 10.2 Å². The first-order valence-corrected chi connectivity index (χ1v) is 10.8. The van der Waals surface area contributed by atoms with E-state index in [1.807, 2.05) is 24.3 Å². The Kier molecular flexibility index (Phi) is 7.93. The van der Waals surface area contributed by atoms with E-state index in [1.165, 1.54) is 11.1 Å². The highest BCUT2D eigenvalue weighted by molar-refractivity contribution is 6.30. The van der Waals surface area contributed by atoms with Crippen molar-refractivity contribution < 1.29 is 4.79 Å². The monoisotopic (exact) mass is 398 g/mol. The summed E-state index contributed by atoms with van der Waals surface area (Å²) in [4.78, 5) is 15.3. The highest BCUT2D eigenvalue weighted by Crippen LogP contribution is 2.17. The zero-order valence-corrected chi connectivity index (χ0v) is 17.5. The van der Waals surface area contributed by atoms with Gasteiger partial charge in [-0.25, -0.2) is 0 Å². The van der Waals surface area contributed by atoms with Gasteiger partial charge in [-0.2, -0.15) is 0 Å². The molecular formula is C24H31ClN2O. The van der Waals surface area contributed by atoms with Gasteiger partial charge in [0.2, 0.25) is 5.91 Å². The molecule has 1 saturated heterocycles. The molecule has 0 spiro atoms. The molecule has 3 nitrogen and oxygen atoms in total. The standard InChI is InChI=1S/C24H31ClN2O/c1-2-21(18-20-8-10-22(25)11-9-20)24(28)26-23-13-16-27(17-14-23)15-12-19-6-4-3-5-7-19/h3-11,21,23H,2,12-18H2,1H3,(H,26,28). The van der Waals surface area contributed by atoms with Crippen LogP contribution >= 0.6 is 11.6 Å². The number of benzene rings is 2. The largest absolute Gasteiger partial charge is 0.353 e. The van der Waals surface area contributed by atoms with Crippen LogP contribution in [0.2, 0.25) is 5.02 Å². The summed E-state index contributed by atoms with van der Waals surface area (Å²) in [6, 6.07) is 18.8. The molecule has 0 radical (unpaired) electrons. The minimum Gasteiger partial charge on any atom is -0.353 e. The van der Waals surface area contributed by atoms with Crippen LogP contribution in [0.25, 0.3) is 0 Å². The SMILES string of the molecule is CCC(Cc1ccc(Cl)cc1)C(=O)NC1CCN(CCc2ccccc2)CC1. The second-order valence-corrected chi connectivity index (χ2v) is 8.23. The predicted octanol–water partition coefficient (Wildman–Crippen LogP) is 4.73. The molecule has 1 fully saturated rings. The normalized spacial score (nSPS) is 16.6. The van der Waals surface area contributed by atoms with E-state index in [0.717, 1.165) is 56.8 Å². The number of carbonyl (C=O) groups is 1. The molecule has 4 heteroatoms. The summed E-state index contributed by atoms with van der Waals surface area (Å²) in [6.45, 7) is 5.31. The van der Waals surface area contributed by atoms with Crippen molar-refractivity contribution in [3.8, 4) is 0 Å². The fraction of sp³-hybridized carbons (Fsp3) is 0.458. The van der Waals surface area contributed by atoms with Crippen LogP contribution in [0.1, 0.15) is 37.3 Å². The smallest absolute Gasteiger partial charge is 0.223 e. The van der Waals surface area contributed by atoms with E-state index in [9.17, 15) is 4.79 Å². The summed E-state index contributed by atoms with van der Waals surface area (Å²) in [5.74, 6) is 0.220. The van der Waals surface area contributed by atoms with Crippen molar-refractivity contribution in [2.45, 2.75) is 45.1 Å². The number of piperidine rings is 1. The van der Waals surface area contributed by atoms with Crippen molar-refractivity contribution in [2.75, 3.05) is 19.6 Å². The molecule has 1 aliphatic rings. The zero-order valence-electron chi connectivity index (χ0n) is 16.7. The Morgan fingerprint density at radius 2 is 1.75 bits per heavy atom. The summed E-state index contributed by atoms with van der Waals surface area (Å²) in [5.41, 5.74) is 2.56. The van der Waals surface area contributed by atoms with E-state index in [-0.39, 0.29) is 11.8 Å². The lowest BCUT2D eigenvalue weighted by Gasteiger charge is -2.33. The van der Waals surface area contributed by atoms with E-state index >= 15 is 0 Å². The maximum absolute atomic E-state index is 12.8. The van der Waals surface area contributed by atoms with Gasteiger partial charge in [-0.3, -0.25) is 4.79 Å². The van der Waals surface area contributed by atoms with Crippen molar-refractivity contribution in [1.29, 1.82) is 0 Å². The average Bonchev–Trinajstić information content (AvgIpc) is 2.73. The molecule has 150 valence electrons. The molecule has 28 heavy (non-hydrogen) atoms. The van der Waals surface area contributed by atoms with Crippen molar-refractivity contribution >= 4 is 17.5 Å². The van der Waals surface area contributed by atoms with Crippen molar-refractivity contribution in [1.82, 2.24) is 10.2 Å². The van der Waals surface area contributed by atoms with Gasteiger partial charge in [-0.1, -0.05) is 61.0 Å². The first-order chi connectivity index (χ1) is 13.6. The second kappa shape index (κ2) is 10.6. The maximum Gasteiger partial charge on any atom is 0.223 e. The number of rotatable bonds is 8. The van der Waals surface area contributed by atoms with E-state index in [0.29, 0.717) is 6.04 Å². The summed E-state index contributed by atoms with van der Waals surface area (Å²) in [6.07, 6.45) is 4.80. The Bertz CT molecular complexity index is 724. The van der Waals surface area contributed by atoms with Crippen molar-refractivity contribution in [2.24, 2.45) is 5.92 Å². The van der Waals surface area contributed by atoms with Crippen LogP contribution in [0, 0.1) is 5.92 Å². The number of likely N-dealkylation sites (tertiary alicyclic amines) is 1. The Morgan fingerprint density at radius 3 is 2.39 bits per heavy atom. The van der Waals surface area contributed by atoms with Crippen molar-refractivity contribution in [3.05, 3.63) is 70.7 Å². The van der Waals surface area contributed by atoms with E-state index < -0.39 is 0 Å². The van der Waals surface area contributed by atoms with Crippen LogP contribution in [0.5, 0.6) is 0 Å². The molecule has 1 amide bonds. The minimum absolute atomic E-state index is 0.0253. The van der Waals surface area contributed by atoms with Crippen LogP contribution in [0.3, 0.4) is 0 Å². The molecular weight excluding hydrogens is 368 g/mol. The summed E-state index contributed by atoms with van der Waals surface area (Å²) < 4.78 is 0. The number of amides is 1. The third-order valence-electron chi connectivity index (χ3n) is 5.75. The quantitative estimate of drug-likeness (QED) is 0.697. The third-order valence-corrected chi connectivity index (χ3v) is 6.00. The molecule has 1 unspecified atom stereocenters. The van der Waals surface area contributed by atoms with Crippen LogP contribution in [-0.2, 0) is 17.6 Å². The van der Waals surface area contributed by atoms with Crippen LogP contribution < -0.4 is 5.32 Å². The molecule has 0 bridgehead atoms. The fourth-order valence-electron chi connectivity index (χ4n) is 3.88. The Balaban J connectivity index is 1.41. The number of carbonyl (C=O) groups excluding carboxylic acids is 1. The molecule has 0 aliphatic carbocycles. The molecule has 1 N–H and O–H groups in total. The van der Waals surface area contributed by atoms with Crippen LogP contribution in [0.4, 0.5) is 0 Å². The predicted molar refractivity (Wildman–Crippen MR) is 117 cm³/mol. The fourth-order valence-corrected chi connectivity index (χ4v) is 4.01. The average molecular weight is 399 g/mol.